The molecular formula is C43H25NOS. The van der Waals surface area contributed by atoms with Crippen LogP contribution in [0.5, 0.6) is 0 Å². The molecule has 9 aromatic rings. The fourth-order valence-corrected chi connectivity index (χ4v) is 8.67. The van der Waals surface area contributed by atoms with Crippen LogP contribution in [0.2, 0.25) is 0 Å². The molecule has 46 heavy (non-hydrogen) atoms. The van der Waals surface area contributed by atoms with Gasteiger partial charge in [-0.15, -0.1) is 0 Å². The highest BCUT2D eigenvalue weighted by Gasteiger charge is 2.23. The van der Waals surface area contributed by atoms with Crippen LogP contribution in [0.1, 0.15) is 0 Å². The molecule has 10 rings (SSSR count). The molecule has 1 aliphatic rings. The first-order valence-electron chi connectivity index (χ1n) is 15.6. The second-order valence-electron chi connectivity index (χ2n) is 12.0. The molecule has 0 fully saturated rings. The summed E-state index contributed by atoms with van der Waals surface area (Å²) in [5.41, 5.74) is 6.64. The molecule has 0 bridgehead atoms. The van der Waals surface area contributed by atoms with Gasteiger partial charge in [0.1, 0.15) is 0 Å². The van der Waals surface area contributed by atoms with Crippen molar-refractivity contribution in [2.45, 2.75) is 9.79 Å². The van der Waals surface area contributed by atoms with Crippen LogP contribution in [0.3, 0.4) is 0 Å². The van der Waals surface area contributed by atoms with Crippen LogP contribution in [-0.2, 0) is 0 Å². The standard InChI is InChI=1S/C43H25NOS/c45-43-37-17-8-7-16-34(37)36-18-9-19-40-42(36)44(43)39-23-21-27(25-41(39)46-40)29-11-2-1-10-28(29)26-20-22-35-32-14-4-3-12-30(32)31-13-5-6-15-33(31)38(35)24-26/h1-25H. The Morgan fingerprint density at radius 1 is 0.391 bits per heavy atom. The molecule has 8 aromatic carbocycles. The molecule has 0 spiro atoms. The number of hydrogen-bond acceptors (Lipinski definition) is 2. The molecule has 0 radical (unpaired) electrons. The zero-order chi connectivity index (χ0) is 30.4. The fraction of sp³-hybridized carbons (Fsp3) is 0. The van der Waals surface area contributed by atoms with Gasteiger partial charge in [0.15, 0.2) is 0 Å². The van der Waals surface area contributed by atoms with E-state index >= 15 is 0 Å². The van der Waals surface area contributed by atoms with Gasteiger partial charge in [-0.05, 0) is 90.3 Å². The van der Waals surface area contributed by atoms with E-state index in [9.17, 15) is 4.79 Å². The van der Waals surface area contributed by atoms with Crippen molar-refractivity contribution in [2.24, 2.45) is 0 Å². The van der Waals surface area contributed by atoms with Crippen molar-refractivity contribution in [2.75, 3.05) is 0 Å². The molecule has 1 aromatic heterocycles. The van der Waals surface area contributed by atoms with Crippen molar-refractivity contribution >= 4 is 65.8 Å². The number of hydrogen-bond donors (Lipinski definition) is 0. The molecule has 214 valence electrons. The lowest BCUT2D eigenvalue weighted by atomic mass is 9.90. The van der Waals surface area contributed by atoms with Crippen molar-refractivity contribution < 1.29 is 0 Å². The summed E-state index contributed by atoms with van der Waals surface area (Å²) < 4.78 is 1.92. The lowest BCUT2D eigenvalue weighted by Crippen LogP contribution is -2.21. The van der Waals surface area contributed by atoms with Crippen LogP contribution < -0.4 is 5.56 Å². The van der Waals surface area contributed by atoms with Gasteiger partial charge in [-0.25, -0.2) is 0 Å². The summed E-state index contributed by atoms with van der Waals surface area (Å²) >= 11 is 1.75. The predicted octanol–water partition coefficient (Wildman–Crippen LogP) is 11.4. The van der Waals surface area contributed by atoms with Gasteiger partial charge in [0, 0.05) is 20.6 Å². The molecule has 0 saturated carbocycles. The van der Waals surface area contributed by atoms with E-state index in [0.717, 1.165) is 42.7 Å². The van der Waals surface area contributed by atoms with Crippen LogP contribution in [0, 0.1) is 0 Å². The van der Waals surface area contributed by atoms with E-state index in [1.165, 1.54) is 49.0 Å². The summed E-state index contributed by atoms with van der Waals surface area (Å²) in [6, 6.07) is 53.9. The van der Waals surface area contributed by atoms with E-state index in [1.807, 2.05) is 22.8 Å². The molecule has 0 unspecified atom stereocenters. The van der Waals surface area contributed by atoms with Gasteiger partial charge in [-0.1, -0.05) is 133 Å². The fourth-order valence-electron chi connectivity index (χ4n) is 7.54. The number of para-hydroxylation sites is 1. The van der Waals surface area contributed by atoms with Gasteiger partial charge in [0.25, 0.3) is 5.56 Å². The van der Waals surface area contributed by atoms with Crippen molar-refractivity contribution in [3.63, 3.8) is 0 Å². The van der Waals surface area contributed by atoms with E-state index in [1.54, 1.807) is 11.8 Å². The minimum Gasteiger partial charge on any atom is -0.274 e. The number of nitrogens with zero attached hydrogens (tertiary/aromatic N) is 1. The van der Waals surface area contributed by atoms with Crippen LogP contribution in [0.15, 0.2) is 166 Å². The molecule has 1 aliphatic heterocycles. The third-order valence-electron chi connectivity index (χ3n) is 9.59. The number of aromatic nitrogens is 1. The number of benzene rings is 8. The Morgan fingerprint density at radius 2 is 0.891 bits per heavy atom. The molecule has 2 heterocycles. The first kappa shape index (κ1) is 25.7. The highest BCUT2D eigenvalue weighted by Crippen LogP contribution is 2.46. The van der Waals surface area contributed by atoms with Crippen molar-refractivity contribution in [1.29, 1.82) is 0 Å². The molecule has 2 nitrogen and oxygen atoms in total. The van der Waals surface area contributed by atoms with E-state index in [-0.39, 0.29) is 5.56 Å². The van der Waals surface area contributed by atoms with Gasteiger partial charge < -0.3 is 0 Å². The highest BCUT2D eigenvalue weighted by molar-refractivity contribution is 7.99. The smallest absolute Gasteiger partial charge is 0.263 e. The van der Waals surface area contributed by atoms with Gasteiger partial charge in [0.05, 0.1) is 11.2 Å². The van der Waals surface area contributed by atoms with E-state index < -0.39 is 0 Å². The minimum atomic E-state index is 0.0289. The molecule has 3 heteroatoms. The third kappa shape index (κ3) is 3.58. The second-order valence-corrected chi connectivity index (χ2v) is 13.1. The summed E-state index contributed by atoms with van der Waals surface area (Å²) in [6.45, 7) is 0. The topological polar surface area (TPSA) is 22.0 Å². The summed E-state index contributed by atoms with van der Waals surface area (Å²) in [7, 11) is 0. The summed E-state index contributed by atoms with van der Waals surface area (Å²) in [6.07, 6.45) is 0. The first-order valence-corrected chi connectivity index (χ1v) is 16.4. The Labute approximate surface area is 269 Å². The Morgan fingerprint density at radius 3 is 1.57 bits per heavy atom. The maximum absolute atomic E-state index is 14.0. The predicted molar refractivity (Wildman–Crippen MR) is 195 cm³/mol. The number of fused-ring (bicyclic) bond motifs is 10. The quantitative estimate of drug-likeness (QED) is 0.183. The molecule has 0 saturated heterocycles. The lowest BCUT2D eigenvalue weighted by molar-refractivity contribution is 1.00. The van der Waals surface area contributed by atoms with Crippen LogP contribution in [0.25, 0.3) is 81.9 Å². The Balaban J connectivity index is 1.17. The van der Waals surface area contributed by atoms with Crippen LogP contribution >= 0.6 is 11.8 Å². The van der Waals surface area contributed by atoms with Crippen molar-refractivity contribution in [3.05, 3.63) is 162 Å². The highest BCUT2D eigenvalue weighted by atomic mass is 32.2. The molecule has 0 amide bonds. The second kappa shape index (κ2) is 9.68. The van der Waals surface area contributed by atoms with Gasteiger partial charge in [-0.2, -0.15) is 0 Å². The zero-order valence-corrected chi connectivity index (χ0v) is 25.5. The first-order chi connectivity index (χ1) is 22.7. The largest absolute Gasteiger partial charge is 0.274 e. The normalized spacial score (nSPS) is 12.3. The maximum Gasteiger partial charge on any atom is 0.263 e. The zero-order valence-electron chi connectivity index (χ0n) is 24.7. The number of rotatable bonds is 2. The Kier molecular flexibility index (Phi) is 5.40. The summed E-state index contributed by atoms with van der Waals surface area (Å²) in [5, 5.41) is 10.5. The molecular weight excluding hydrogens is 579 g/mol. The molecule has 0 aliphatic carbocycles. The van der Waals surface area contributed by atoms with Crippen molar-refractivity contribution in [3.8, 4) is 27.9 Å². The SMILES string of the molecule is O=c1c2ccccc2c2cccc3c2n1-c1ccc(-c2ccccc2-c2ccc4c5ccccc5c5ccccc5c4c2)cc1S3. The van der Waals surface area contributed by atoms with E-state index in [0.29, 0.717) is 0 Å². The number of pyridine rings is 1. The van der Waals surface area contributed by atoms with Crippen LogP contribution in [0.4, 0.5) is 0 Å². The van der Waals surface area contributed by atoms with Crippen LogP contribution in [-0.4, -0.2) is 4.57 Å². The van der Waals surface area contributed by atoms with E-state index in [4.69, 9.17) is 0 Å². The third-order valence-corrected chi connectivity index (χ3v) is 10.7. The van der Waals surface area contributed by atoms with Crippen molar-refractivity contribution in [1.82, 2.24) is 4.57 Å². The lowest BCUT2D eigenvalue weighted by Gasteiger charge is -2.24. The Bertz CT molecular complexity index is 2780. The minimum absolute atomic E-state index is 0.0289. The maximum atomic E-state index is 14.0. The average Bonchev–Trinajstić information content (AvgIpc) is 3.13. The summed E-state index contributed by atoms with van der Waals surface area (Å²) in [4.78, 5) is 16.1. The molecule has 0 N–H and O–H groups in total. The van der Waals surface area contributed by atoms with Gasteiger partial charge in [-0.3, -0.25) is 9.36 Å². The van der Waals surface area contributed by atoms with Gasteiger partial charge >= 0.3 is 0 Å². The average molecular weight is 604 g/mol. The Hall–Kier alpha value is -5.64. The van der Waals surface area contributed by atoms with Gasteiger partial charge in [0.2, 0.25) is 0 Å². The molecule has 0 atom stereocenters. The monoisotopic (exact) mass is 603 g/mol. The summed E-state index contributed by atoms with van der Waals surface area (Å²) in [5.74, 6) is 0. The van der Waals surface area contributed by atoms with E-state index in [2.05, 4.69) is 133 Å².